The van der Waals surface area contributed by atoms with Crippen LogP contribution in [-0.4, -0.2) is 11.1 Å². The minimum absolute atomic E-state index is 0.220. The van der Waals surface area contributed by atoms with Gasteiger partial charge in [-0.15, -0.1) is 0 Å². The van der Waals surface area contributed by atoms with Crippen molar-refractivity contribution in [3.63, 3.8) is 0 Å². The first-order chi connectivity index (χ1) is 5.11. The Hall–Kier alpha value is -1.58. The lowest BCUT2D eigenvalue weighted by Gasteiger charge is -2.05. The second-order valence-corrected chi connectivity index (χ2v) is 1.95. The van der Waals surface area contributed by atoms with Gasteiger partial charge in [-0.25, -0.2) is 9.18 Å². The Morgan fingerprint density at radius 1 is 1.55 bits per heavy atom. The number of aromatic carboxylic acids is 1. The van der Waals surface area contributed by atoms with Crippen LogP contribution in [0, 0.1) is 5.82 Å². The van der Waals surface area contributed by atoms with Crippen LogP contribution in [0.2, 0.25) is 0 Å². The molecule has 0 atom stereocenters. The number of carboxylic acids is 1. The second-order valence-electron chi connectivity index (χ2n) is 1.95. The molecule has 0 saturated carbocycles. The molecule has 0 unspecified atom stereocenters. The lowest BCUT2D eigenvalue weighted by molar-refractivity contribution is -0.272. The minimum atomic E-state index is -1.25. The second kappa shape index (κ2) is 2.57. The van der Waals surface area contributed by atoms with Crippen LogP contribution in [0.1, 0.15) is 10.4 Å². The third-order valence-corrected chi connectivity index (χ3v) is 1.18. The van der Waals surface area contributed by atoms with Crippen molar-refractivity contribution < 1.29 is 19.4 Å². The summed E-state index contributed by atoms with van der Waals surface area (Å²) >= 11 is 0. The van der Waals surface area contributed by atoms with E-state index >= 15 is 0 Å². The summed E-state index contributed by atoms with van der Waals surface area (Å²) in [5.74, 6) is -3.08. The Morgan fingerprint density at radius 2 is 2.18 bits per heavy atom. The first-order valence-corrected chi connectivity index (χ1v) is 2.81. The molecule has 1 N–H and O–H groups in total. The number of benzene rings is 1. The monoisotopic (exact) mass is 155 g/mol. The van der Waals surface area contributed by atoms with Gasteiger partial charge in [-0.3, -0.25) is 0 Å². The van der Waals surface area contributed by atoms with E-state index in [0.29, 0.717) is 6.07 Å². The molecule has 1 rings (SSSR count). The quantitative estimate of drug-likeness (QED) is 0.645. The Balaban J connectivity index is 3.15. The van der Waals surface area contributed by atoms with Crippen LogP contribution >= 0.6 is 0 Å². The average Bonchev–Trinajstić information content (AvgIpc) is 1.94. The maximum Gasteiger partial charge on any atom is 0.335 e. The fraction of sp³-hybridized carbons (Fsp3) is 0. The van der Waals surface area contributed by atoms with E-state index in [-0.39, 0.29) is 5.56 Å². The van der Waals surface area contributed by atoms with Gasteiger partial charge < -0.3 is 10.2 Å². The first kappa shape index (κ1) is 7.53. The Labute approximate surface area is 61.7 Å². The SMILES string of the molecule is O=C(O)c1ccc([O-])c(F)c1. The number of halogens is 1. The summed E-state index contributed by atoms with van der Waals surface area (Å²) in [6, 6.07) is 2.65. The summed E-state index contributed by atoms with van der Waals surface area (Å²) in [6.07, 6.45) is 0. The van der Waals surface area contributed by atoms with Crippen LogP contribution in [0.4, 0.5) is 4.39 Å². The minimum Gasteiger partial charge on any atom is -0.870 e. The highest BCUT2D eigenvalue weighted by molar-refractivity contribution is 5.87. The molecule has 4 heteroatoms. The van der Waals surface area contributed by atoms with Gasteiger partial charge in [0, 0.05) is 0 Å². The molecule has 0 aliphatic rings. The van der Waals surface area contributed by atoms with Gasteiger partial charge in [0.05, 0.1) is 5.56 Å². The van der Waals surface area contributed by atoms with Gasteiger partial charge in [-0.05, 0) is 12.1 Å². The lowest BCUT2D eigenvalue weighted by Crippen LogP contribution is -2.00. The van der Waals surface area contributed by atoms with Crippen molar-refractivity contribution in [2.75, 3.05) is 0 Å². The molecule has 58 valence electrons. The topological polar surface area (TPSA) is 60.4 Å². The summed E-state index contributed by atoms with van der Waals surface area (Å²) in [7, 11) is 0. The third-order valence-electron chi connectivity index (χ3n) is 1.18. The van der Waals surface area contributed by atoms with Gasteiger partial charge in [0.25, 0.3) is 0 Å². The molecule has 0 aromatic heterocycles. The molecule has 3 nitrogen and oxygen atoms in total. The van der Waals surface area contributed by atoms with Crippen LogP contribution in [0.15, 0.2) is 18.2 Å². The van der Waals surface area contributed by atoms with Crippen molar-refractivity contribution in [3.8, 4) is 5.75 Å². The molecule has 0 spiro atoms. The third kappa shape index (κ3) is 1.46. The molecule has 0 bridgehead atoms. The molecular weight excluding hydrogens is 151 g/mol. The Morgan fingerprint density at radius 3 is 2.64 bits per heavy atom. The van der Waals surface area contributed by atoms with E-state index in [9.17, 15) is 14.3 Å². The van der Waals surface area contributed by atoms with Gasteiger partial charge in [-0.1, -0.05) is 11.8 Å². The number of rotatable bonds is 1. The molecule has 0 heterocycles. The lowest BCUT2D eigenvalue weighted by atomic mass is 10.2. The van der Waals surface area contributed by atoms with Crippen molar-refractivity contribution in [3.05, 3.63) is 29.6 Å². The molecule has 0 aliphatic carbocycles. The number of carbonyl (C=O) groups is 1. The number of carboxylic acid groups (broad SMARTS) is 1. The molecule has 0 fully saturated rings. The van der Waals surface area contributed by atoms with E-state index in [2.05, 4.69) is 0 Å². The maximum atomic E-state index is 12.4. The van der Waals surface area contributed by atoms with E-state index in [0.717, 1.165) is 12.1 Å². The molecule has 1 aromatic carbocycles. The van der Waals surface area contributed by atoms with Gasteiger partial charge in [-0.2, -0.15) is 0 Å². The zero-order valence-corrected chi connectivity index (χ0v) is 5.37. The van der Waals surface area contributed by atoms with Crippen molar-refractivity contribution in [2.45, 2.75) is 0 Å². The van der Waals surface area contributed by atoms with Crippen LogP contribution in [-0.2, 0) is 0 Å². The highest BCUT2D eigenvalue weighted by Crippen LogP contribution is 2.12. The highest BCUT2D eigenvalue weighted by Gasteiger charge is 2.02. The van der Waals surface area contributed by atoms with E-state index in [4.69, 9.17) is 5.11 Å². The maximum absolute atomic E-state index is 12.4. The first-order valence-electron chi connectivity index (χ1n) is 2.81. The molecule has 0 radical (unpaired) electrons. The van der Waals surface area contributed by atoms with Crippen molar-refractivity contribution in [1.82, 2.24) is 0 Å². The van der Waals surface area contributed by atoms with Crippen LogP contribution in [0.5, 0.6) is 5.75 Å². The fourth-order valence-corrected chi connectivity index (χ4v) is 0.634. The highest BCUT2D eigenvalue weighted by atomic mass is 19.1. The number of hydrogen-bond acceptors (Lipinski definition) is 2. The summed E-state index contributed by atoms with van der Waals surface area (Å²) in [5.41, 5.74) is -0.220. The molecule has 0 aliphatic heterocycles. The van der Waals surface area contributed by atoms with Gasteiger partial charge >= 0.3 is 5.97 Å². The van der Waals surface area contributed by atoms with Crippen LogP contribution in [0.3, 0.4) is 0 Å². The van der Waals surface area contributed by atoms with Crippen molar-refractivity contribution >= 4 is 5.97 Å². The largest absolute Gasteiger partial charge is 0.870 e. The summed E-state index contributed by atoms with van der Waals surface area (Å²) in [5, 5.41) is 18.8. The Kier molecular flexibility index (Phi) is 1.76. The normalized spacial score (nSPS) is 9.55. The van der Waals surface area contributed by atoms with Crippen LogP contribution in [0.25, 0.3) is 0 Å². The van der Waals surface area contributed by atoms with E-state index in [1.54, 1.807) is 0 Å². The molecular formula is C7H4FO3-. The molecule has 11 heavy (non-hydrogen) atoms. The molecule has 0 amide bonds. The molecule has 1 aromatic rings. The fourth-order valence-electron chi connectivity index (χ4n) is 0.634. The van der Waals surface area contributed by atoms with Crippen molar-refractivity contribution in [1.29, 1.82) is 0 Å². The van der Waals surface area contributed by atoms with E-state index in [1.165, 1.54) is 0 Å². The summed E-state index contributed by atoms with van der Waals surface area (Å²) in [6.45, 7) is 0. The standard InChI is InChI=1S/C7H5FO3/c8-5-3-4(7(10)11)1-2-6(5)9/h1-3,9H,(H,10,11)/p-1. The molecule has 0 saturated heterocycles. The van der Waals surface area contributed by atoms with Crippen molar-refractivity contribution in [2.24, 2.45) is 0 Å². The predicted octanol–water partition coefficient (Wildman–Crippen LogP) is 0.597. The summed E-state index contributed by atoms with van der Waals surface area (Å²) < 4.78 is 12.4. The number of hydrogen-bond donors (Lipinski definition) is 1. The van der Waals surface area contributed by atoms with Gasteiger partial charge in [0.1, 0.15) is 5.82 Å². The predicted molar refractivity (Wildman–Crippen MR) is 32.8 cm³/mol. The van der Waals surface area contributed by atoms with Gasteiger partial charge in [0.2, 0.25) is 0 Å². The average molecular weight is 155 g/mol. The summed E-state index contributed by atoms with van der Waals surface area (Å²) in [4.78, 5) is 10.2. The van der Waals surface area contributed by atoms with E-state index in [1.807, 2.05) is 0 Å². The zero-order chi connectivity index (χ0) is 8.43. The van der Waals surface area contributed by atoms with Gasteiger partial charge in [0.15, 0.2) is 0 Å². The smallest absolute Gasteiger partial charge is 0.335 e. The Bertz CT molecular complexity index is 296. The van der Waals surface area contributed by atoms with E-state index < -0.39 is 17.5 Å². The zero-order valence-electron chi connectivity index (χ0n) is 5.37. The van der Waals surface area contributed by atoms with Crippen LogP contribution < -0.4 is 5.11 Å².